The van der Waals surface area contributed by atoms with Crippen molar-refractivity contribution < 1.29 is 0 Å². The molecule has 2 heteroatoms. The third-order valence-electron chi connectivity index (χ3n) is 1.71. The zero-order valence-corrected chi connectivity index (χ0v) is 5.72. The fourth-order valence-electron chi connectivity index (χ4n) is 1.07. The van der Waals surface area contributed by atoms with Crippen LogP contribution in [0.25, 0.3) is 0 Å². The Labute approximate surface area is 52.3 Å². The molecule has 0 bridgehead atoms. The van der Waals surface area contributed by atoms with Crippen LogP contribution in [0.2, 0.25) is 6.32 Å². The first kappa shape index (κ1) is 6.15. The third kappa shape index (κ3) is 1.25. The van der Waals surface area contributed by atoms with E-state index in [-0.39, 0.29) is 0 Å². The summed E-state index contributed by atoms with van der Waals surface area (Å²) in [6.07, 6.45) is 2.50. The fourth-order valence-corrected chi connectivity index (χ4v) is 1.07. The molecule has 1 radical (unpaired) electrons. The van der Waals surface area contributed by atoms with Crippen LogP contribution in [0.4, 0.5) is 0 Å². The van der Waals surface area contributed by atoms with Gasteiger partial charge in [0, 0.05) is 6.04 Å². The predicted octanol–water partition coefficient (Wildman–Crippen LogP) is 0.790. The summed E-state index contributed by atoms with van der Waals surface area (Å²) in [6.45, 7) is 5.77. The normalized spacial score (nSPS) is 21.9. The lowest BCUT2D eigenvalue weighted by molar-refractivity contribution is 0.289. The Bertz CT molecular complexity index is 66.9. The summed E-state index contributed by atoms with van der Waals surface area (Å²) < 4.78 is 0. The summed E-state index contributed by atoms with van der Waals surface area (Å²) in [4.78, 5) is 2.47. The minimum Gasteiger partial charge on any atom is -0.310 e. The van der Waals surface area contributed by atoms with E-state index in [0.717, 1.165) is 6.04 Å². The second-order valence-electron chi connectivity index (χ2n) is 2.67. The Morgan fingerprint density at radius 3 is 2.50 bits per heavy atom. The molecule has 1 heterocycles. The van der Waals surface area contributed by atoms with Crippen molar-refractivity contribution in [1.82, 2.24) is 4.90 Å². The average molecular weight is 110 g/mol. The molecule has 45 valence electrons. The zero-order chi connectivity index (χ0) is 5.98. The Hall–Kier alpha value is 0.0249. The number of hydrogen-bond donors (Lipinski definition) is 0. The molecule has 0 saturated carbocycles. The SMILES string of the molecule is CC(C)N1C[B]CC1. The summed E-state index contributed by atoms with van der Waals surface area (Å²) in [5, 5.41) is 0. The molecule has 1 aliphatic heterocycles. The summed E-state index contributed by atoms with van der Waals surface area (Å²) in [6, 6.07) is 0.744. The van der Waals surface area contributed by atoms with E-state index in [2.05, 4.69) is 26.0 Å². The average Bonchev–Trinajstić information content (AvgIpc) is 2.12. The van der Waals surface area contributed by atoms with Crippen molar-refractivity contribution in [1.29, 1.82) is 0 Å². The van der Waals surface area contributed by atoms with Crippen LogP contribution in [0, 0.1) is 0 Å². The monoisotopic (exact) mass is 110 g/mol. The molecule has 0 atom stereocenters. The molecule has 0 spiro atoms. The van der Waals surface area contributed by atoms with Crippen molar-refractivity contribution in [2.75, 3.05) is 13.0 Å². The molecule has 1 fully saturated rings. The molecule has 0 aromatic heterocycles. The van der Waals surface area contributed by atoms with Crippen molar-refractivity contribution >= 4 is 7.28 Å². The lowest BCUT2D eigenvalue weighted by atomic mass is 9.79. The molecule has 8 heavy (non-hydrogen) atoms. The van der Waals surface area contributed by atoms with Crippen molar-refractivity contribution in [2.24, 2.45) is 0 Å². The summed E-state index contributed by atoms with van der Waals surface area (Å²) in [5.74, 6) is 0. The van der Waals surface area contributed by atoms with Gasteiger partial charge in [0.25, 0.3) is 0 Å². The van der Waals surface area contributed by atoms with Gasteiger partial charge in [-0.2, -0.15) is 0 Å². The molecule has 0 N–H and O–H groups in total. The van der Waals surface area contributed by atoms with E-state index in [1.54, 1.807) is 0 Å². The lowest BCUT2D eigenvalue weighted by Gasteiger charge is -2.19. The van der Waals surface area contributed by atoms with Gasteiger partial charge < -0.3 is 4.90 Å². The van der Waals surface area contributed by atoms with Gasteiger partial charge in [0.15, 0.2) is 0 Å². The van der Waals surface area contributed by atoms with E-state index in [1.165, 1.54) is 19.3 Å². The highest BCUT2D eigenvalue weighted by molar-refractivity contribution is 6.36. The molecule has 0 unspecified atom stereocenters. The molecule has 0 amide bonds. The van der Waals surface area contributed by atoms with E-state index >= 15 is 0 Å². The summed E-state index contributed by atoms with van der Waals surface area (Å²) >= 11 is 0. The standard InChI is InChI=1S/C6H13BN/c1-6(2)8-4-3-7-5-8/h6H,3-5H2,1-2H3. The molecule has 0 aromatic rings. The molecule has 0 aromatic carbocycles. The van der Waals surface area contributed by atoms with Gasteiger partial charge in [-0.25, -0.2) is 0 Å². The van der Waals surface area contributed by atoms with Crippen LogP contribution in [0.3, 0.4) is 0 Å². The maximum atomic E-state index is 2.47. The molecule has 1 nitrogen and oxygen atoms in total. The highest BCUT2D eigenvalue weighted by atomic mass is 15.1. The molecule has 1 saturated heterocycles. The topological polar surface area (TPSA) is 3.24 Å². The van der Waals surface area contributed by atoms with E-state index in [9.17, 15) is 0 Å². The maximum Gasteiger partial charge on any atom is 0.130 e. The Morgan fingerprint density at radius 1 is 1.50 bits per heavy atom. The van der Waals surface area contributed by atoms with Gasteiger partial charge in [0.2, 0.25) is 0 Å². The molecule has 0 aliphatic carbocycles. The molecule has 1 aliphatic rings. The second kappa shape index (κ2) is 2.54. The minimum atomic E-state index is 0.744. The zero-order valence-electron chi connectivity index (χ0n) is 5.72. The molecule has 1 rings (SSSR count). The Kier molecular flexibility index (Phi) is 1.95. The van der Waals surface area contributed by atoms with Gasteiger partial charge in [0.05, 0.1) is 0 Å². The highest BCUT2D eigenvalue weighted by Crippen LogP contribution is 2.04. The third-order valence-corrected chi connectivity index (χ3v) is 1.71. The van der Waals surface area contributed by atoms with Gasteiger partial charge in [-0.3, -0.25) is 0 Å². The van der Waals surface area contributed by atoms with Gasteiger partial charge in [0.1, 0.15) is 7.28 Å². The van der Waals surface area contributed by atoms with Gasteiger partial charge >= 0.3 is 0 Å². The minimum absolute atomic E-state index is 0.744. The smallest absolute Gasteiger partial charge is 0.130 e. The van der Waals surface area contributed by atoms with Gasteiger partial charge in [-0.05, 0) is 26.8 Å². The van der Waals surface area contributed by atoms with Crippen LogP contribution in [0.5, 0.6) is 0 Å². The van der Waals surface area contributed by atoms with E-state index in [0.29, 0.717) is 0 Å². The van der Waals surface area contributed by atoms with Crippen LogP contribution in [-0.2, 0) is 0 Å². The number of nitrogens with zero attached hydrogens (tertiary/aromatic N) is 1. The Balaban J connectivity index is 2.24. The van der Waals surface area contributed by atoms with Gasteiger partial charge in [-0.15, -0.1) is 0 Å². The number of rotatable bonds is 1. The van der Waals surface area contributed by atoms with Crippen molar-refractivity contribution in [3.05, 3.63) is 0 Å². The van der Waals surface area contributed by atoms with Crippen LogP contribution < -0.4 is 0 Å². The first-order valence-electron chi connectivity index (χ1n) is 3.36. The van der Waals surface area contributed by atoms with Crippen LogP contribution in [-0.4, -0.2) is 31.2 Å². The quantitative estimate of drug-likeness (QED) is 0.451. The summed E-state index contributed by atoms with van der Waals surface area (Å²) in [5.41, 5.74) is 0. The Morgan fingerprint density at radius 2 is 2.25 bits per heavy atom. The largest absolute Gasteiger partial charge is 0.310 e. The van der Waals surface area contributed by atoms with Crippen molar-refractivity contribution in [3.63, 3.8) is 0 Å². The number of hydrogen-bond acceptors (Lipinski definition) is 1. The van der Waals surface area contributed by atoms with Crippen LogP contribution in [0.15, 0.2) is 0 Å². The molecular formula is C6H13BN. The first-order chi connectivity index (χ1) is 3.80. The van der Waals surface area contributed by atoms with Crippen LogP contribution >= 0.6 is 0 Å². The highest BCUT2D eigenvalue weighted by Gasteiger charge is 2.14. The van der Waals surface area contributed by atoms with E-state index < -0.39 is 0 Å². The first-order valence-corrected chi connectivity index (χ1v) is 3.36. The second-order valence-corrected chi connectivity index (χ2v) is 2.67. The van der Waals surface area contributed by atoms with Crippen molar-refractivity contribution in [2.45, 2.75) is 26.2 Å². The molecular weight excluding hydrogens is 96.9 g/mol. The predicted molar refractivity (Wildman–Crippen MR) is 37.3 cm³/mol. The summed E-state index contributed by atoms with van der Waals surface area (Å²) in [7, 11) is 2.35. The van der Waals surface area contributed by atoms with Crippen molar-refractivity contribution in [3.8, 4) is 0 Å². The fraction of sp³-hybridized carbons (Fsp3) is 1.00. The maximum absolute atomic E-state index is 2.47. The lowest BCUT2D eigenvalue weighted by Crippen LogP contribution is -2.27. The van der Waals surface area contributed by atoms with Gasteiger partial charge in [-0.1, -0.05) is 6.32 Å². The van der Waals surface area contributed by atoms with Crippen LogP contribution in [0.1, 0.15) is 13.8 Å². The van der Waals surface area contributed by atoms with E-state index in [1.807, 2.05) is 0 Å². The van der Waals surface area contributed by atoms with E-state index in [4.69, 9.17) is 0 Å².